The minimum atomic E-state index is -0.606. The number of carbonyl (C=O) groups is 2. The van der Waals surface area contributed by atoms with Gasteiger partial charge < -0.3 is 4.74 Å². The summed E-state index contributed by atoms with van der Waals surface area (Å²) in [6.45, 7) is -0.350. The molecule has 0 aliphatic heterocycles. The van der Waals surface area contributed by atoms with Crippen molar-refractivity contribution >= 4 is 17.5 Å². The van der Waals surface area contributed by atoms with Gasteiger partial charge in [0, 0.05) is 11.6 Å². The minimum Gasteiger partial charge on any atom is -0.484 e. The molecule has 2 amide bonds. The normalized spacial score (nSPS) is 9.65. The Bertz CT molecular complexity index is 858. The van der Waals surface area contributed by atoms with E-state index in [9.17, 15) is 19.7 Å². The fraction of sp³-hybridized carbons (Fsp3) is 0.118. The van der Waals surface area contributed by atoms with Crippen molar-refractivity contribution in [3.05, 3.63) is 69.8 Å². The van der Waals surface area contributed by atoms with Crippen molar-refractivity contribution in [3.8, 4) is 11.8 Å². The average Bonchev–Trinajstić information content (AvgIpc) is 2.65. The van der Waals surface area contributed by atoms with E-state index in [1.807, 2.05) is 6.07 Å². The van der Waals surface area contributed by atoms with Gasteiger partial charge in [0.15, 0.2) is 6.61 Å². The van der Waals surface area contributed by atoms with E-state index in [2.05, 4.69) is 10.9 Å². The third kappa shape index (κ3) is 5.31. The third-order valence-corrected chi connectivity index (χ3v) is 3.23. The Morgan fingerprint density at radius 1 is 1.08 bits per heavy atom. The van der Waals surface area contributed by atoms with Crippen LogP contribution in [0.15, 0.2) is 48.5 Å². The first-order chi connectivity index (χ1) is 12.5. The molecule has 0 heterocycles. The Morgan fingerprint density at radius 3 is 2.38 bits per heavy atom. The monoisotopic (exact) mass is 354 g/mol. The first-order valence-electron chi connectivity index (χ1n) is 7.42. The highest BCUT2D eigenvalue weighted by atomic mass is 16.6. The van der Waals surface area contributed by atoms with Crippen LogP contribution in [0.5, 0.6) is 5.75 Å². The van der Waals surface area contributed by atoms with Crippen LogP contribution in [0, 0.1) is 21.4 Å². The molecule has 0 aromatic heterocycles. The quantitative estimate of drug-likeness (QED) is 0.592. The average molecular weight is 354 g/mol. The third-order valence-electron chi connectivity index (χ3n) is 3.23. The number of nitriles is 1. The van der Waals surface area contributed by atoms with Crippen LogP contribution in [-0.4, -0.2) is 23.3 Å². The number of hydrazine groups is 1. The lowest BCUT2D eigenvalue weighted by Gasteiger charge is -2.09. The molecule has 2 aromatic rings. The largest absolute Gasteiger partial charge is 0.484 e. The molecule has 0 atom stereocenters. The molecule has 0 saturated carbocycles. The summed E-state index contributed by atoms with van der Waals surface area (Å²) in [6.07, 6.45) is -0.256. The molecule has 9 nitrogen and oxygen atoms in total. The van der Waals surface area contributed by atoms with Crippen molar-refractivity contribution < 1.29 is 19.2 Å². The highest BCUT2D eigenvalue weighted by Crippen LogP contribution is 2.17. The van der Waals surface area contributed by atoms with Crippen LogP contribution in [0.2, 0.25) is 0 Å². The number of ether oxygens (including phenoxy) is 1. The van der Waals surface area contributed by atoms with Gasteiger partial charge in [0.2, 0.25) is 5.91 Å². The van der Waals surface area contributed by atoms with E-state index < -0.39 is 16.7 Å². The maximum absolute atomic E-state index is 11.8. The number of rotatable bonds is 6. The summed E-state index contributed by atoms with van der Waals surface area (Å²) in [4.78, 5) is 33.8. The summed E-state index contributed by atoms with van der Waals surface area (Å²) in [6, 6.07) is 14.0. The number of nitrogens with one attached hydrogen (secondary N) is 2. The van der Waals surface area contributed by atoms with Crippen molar-refractivity contribution in [1.82, 2.24) is 10.9 Å². The van der Waals surface area contributed by atoms with Crippen molar-refractivity contribution in [2.45, 2.75) is 6.42 Å². The summed E-state index contributed by atoms with van der Waals surface area (Å²) in [7, 11) is 0. The second-order valence-electron chi connectivity index (χ2n) is 5.08. The van der Waals surface area contributed by atoms with Gasteiger partial charge >= 0.3 is 0 Å². The summed E-state index contributed by atoms with van der Waals surface area (Å²) < 4.78 is 5.21. The summed E-state index contributed by atoms with van der Waals surface area (Å²) >= 11 is 0. The standard InChI is InChI=1S/C17H14N4O5/c18-10-12-5-7-14(8-6-12)26-11-17(23)20-19-16(22)9-13-3-1-2-4-15(13)21(24)25/h1-8H,9,11H2,(H,19,22)(H,20,23). The lowest BCUT2D eigenvalue weighted by Crippen LogP contribution is -2.44. The molecule has 132 valence electrons. The smallest absolute Gasteiger partial charge is 0.276 e. The van der Waals surface area contributed by atoms with Crippen molar-refractivity contribution in [2.24, 2.45) is 0 Å². The van der Waals surface area contributed by atoms with Crippen LogP contribution in [0.1, 0.15) is 11.1 Å². The summed E-state index contributed by atoms with van der Waals surface area (Å²) in [5.41, 5.74) is 4.85. The number of carbonyl (C=O) groups excluding carboxylic acids is 2. The lowest BCUT2D eigenvalue weighted by atomic mass is 10.1. The van der Waals surface area contributed by atoms with Gasteiger partial charge in [0.1, 0.15) is 5.75 Å². The van der Waals surface area contributed by atoms with E-state index in [4.69, 9.17) is 10.00 Å². The van der Waals surface area contributed by atoms with Gasteiger partial charge in [-0.25, -0.2) is 0 Å². The van der Waals surface area contributed by atoms with Gasteiger partial charge in [0.25, 0.3) is 11.6 Å². The molecular formula is C17H14N4O5. The van der Waals surface area contributed by atoms with E-state index >= 15 is 0 Å². The van der Waals surface area contributed by atoms with E-state index in [-0.39, 0.29) is 24.3 Å². The van der Waals surface area contributed by atoms with Gasteiger partial charge in [0.05, 0.1) is 23.0 Å². The maximum Gasteiger partial charge on any atom is 0.276 e. The first-order valence-corrected chi connectivity index (χ1v) is 7.42. The number of nitrogens with zero attached hydrogens (tertiary/aromatic N) is 2. The second kappa shape index (κ2) is 8.79. The molecule has 2 rings (SSSR count). The fourth-order valence-electron chi connectivity index (χ4n) is 2.01. The number of hydrogen-bond acceptors (Lipinski definition) is 6. The van der Waals surface area contributed by atoms with Crippen LogP contribution in [0.25, 0.3) is 0 Å². The van der Waals surface area contributed by atoms with E-state index in [0.717, 1.165) is 0 Å². The molecule has 0 aliphatic carbocycles. The number of hydrogen-bond donors (Lipinski definition) is 2. The Balaban J connectivity index is 1.79. The van der Waals surface area contributed by atoms with Gasteiger partial charge in [-0.15, -0.1) is 0 Å². The molecule has 2 N–H and O–H groups in total. The SMILES string of the molecule is N#Cc1ccc(OCC(=O)NNC(=O)Cc2ccccc2[N+](=O)[O-])cc1. The van der Waals surface area contributed by atoms with Crippen LogP contribution >= 0.6 is 0 Å². The lowest BCUT2D eigenvalue weighted by molar-refractivity contribution is -0.385. The number of nitro benzene ring substituents is 1. The molecule has 0 unspecified atom stereocenters. The van der Waals surface area contributed by atoms with Crippen LogP contribution < -0.4 is 15.6 Å². The van der Waals surface area contributed by atoms with Crippen molar-refractivity contribution in [3.63, 3.8) is 0 Å². The Morgan fingerprint density at radius 2 is 1.73 bits per heavy atom. The first kappa shape index (κ1) is 18.4. The van der Waals surface area contributed by atoms with Crippen LogP contribution in [-0.2, 0) is 16.0 Å². The number of amides is 2. The van der Waals surface area contributed by atoms with E-state index in [1.54, 1.807) is 30.3 Å². The molecule has 2 aromatic carbocycles. The zero-order chi connectivity index (χ0) is 18.9. The molecule has 0 spiro atoms. The molecule has 0 bridgehead atoms. The maximum atomic E-state index is 11.8. The van der Waals surface area contributed by atoms with Crippen LogP contribution in [0.4, 0.5) is 5.69 Å². The Labute approximate surface area is 148 Å². The predicted molar refractivity (Wildman–Crippen MR) is 89.7 cm³/mol. The van der Waals surface area contributed by atoms with Gasteiger partial charge in [-0.2, -0.15) is 5.26 Å². The molecule has 9 heteroatoms. The highest BCUT2D eigenvalue weighted by Gasteiger charge is 2.15. The molecule has 0 radical (unpaired) electrons. The predicted octanol–water partition coefficient (Wildman–Crippen LogP) is 1.24. The van der Waals surface area contributed by atoms with Gasteiger partial charge in [-0.05, 0) is 24.3 Å². The van der Waals surface area contributed by atoms with Gasteiger partial charge in [-0.3, -0.25) is 30.6 Å². The van der Waals surface area contributed by atoms with Gasteiger partial charge in [-0.1, -0.05) is 18.2 Å². The molecule has 0 saturated heterocycles. The van der Waals surface area contributed by atoms with Crippen molar-refractivity contribution in [1.29, 1.82) is 5.26 Å². The summed E-state index contributed by atoms with van der Waals surface area (Å²) in [5.74, 6) is -0.818. The molecular weight excluding hydrogens is 340 g/mol. The van der Waals surface area contributed by atoms with Crippen molar-refractivity contribution in [2.75, 3.05) is 6.61 Å². The number of nitro groups is 1. The Hall–Kier alpha value is -3.93. The number of benzene rings is 2. The highest BCUT2D eigenvalue weighted by molar-refractivity contribution is 5.84. The minimum absolute atomic E-state index is 0.168. The van der Waals surface area contributed by atoms with Crippen LogP contribution in [0.3, 0.4) is 0 Å². The molecule has 0 aliphatic rings. The zero-order valence-corrected chi connectivity index (χ0v) is 13.5. The second-order valence-corrected chi connectivity index (χ2v) is 5.08. The zero-order valence-electron chi connectivity index (χ0n) is 13.5. The number of para-hydroxylation sites is 1. The topological polar surface area (TPSA) is 134 Å². The molecule has 26 heavy (non-hydrogen) atoms. The van der Waals surface area contributed by atoms with E-state index in [0.29, 0.717) is 11.3 Å². The molecule has 0 fully saturated rings. The summed E-state index contributed by atoms with van der Waals surface area (Å²) in [5, 5.41) is 19.6. The Kier molecular flexibility index (Phi) is 6.23. The fourth-order valence-corrected chi connectivity index (χ4v) is 2.01. The van der Waals surface area contributed by atoms with E-state index in [1.165, 1.54) is 18.2 Å².